The van der Waals surface area contributed by atoms with Crippen LogP contribution in [-0.4, -0.2) is 48.1 Å². The highest BCUT2D eigenvalue weighted by atomic mass is 32.2. The second-order valence-corrected chi connectivity index (χ2v) is 4.34. The molecular weight excluding hydrogens is 186 g/mol. The summed E-state index contributed by atoms with van der Waals surface area (Å²) in [6, 6.07) is 0.185. The lowest BCUT2D eigenvalue weighted by atomic mass is 10.1. The molecule has 0 aliphatic carbocycles. The molecule has 1 atom stereocenters. The molecule has 0 bridgehead atoms. The van der Waals surface area contributed by atoms with E-state index in [0.717, 1.165) is 18.6 Å². The molecule has 0 aliphatic heterocycles. The molecule has 78 valence electrons. The second kappa shape index (κ2) is 7.21. The minimum Gasteiger partial charge on any atom is -0.481 e. The van der Waals surface area contributed by atoms with Crippen LogP contribution in [0.3, 0.4) is 0 Å². The zero-order valence-electron chi connectivity index (χ0n) is 8.62. The Hall–Kier alpha value is -0.220. The van der Waals surface area contributed by atoms with Crippen LogP contribution in [0, 0.1) is 0 Å². The lowest BCUT2D eigenvalue weighted by Gasteiger charge is -2.22. The summed E-state index contributed by atoms with van der Waals surface area (Å²) in [4.78, 5) is 12.5. The van der Waals surface area contributed by atoms with Crippen molar-refractivity contribution in [3.63, 3.8) is 0 Å². The van der Waals surface area contributed by atoms with E-state index >= 15 is 0 Å². The number of rotatable bonds is 7. The van der Waals surface area contributed by atoms with Gasteiger partial charge in [0, 0.05) is 6.04 Å². The van der Waals surface area contributed by atoms with Crippen LogP contribution in [0.1, 0.15) is 19.3 Å². The molecule has 0 rings (SSSR count). The number of hydrogen-bond acceptors (Lipinski definition) is 3. The molecule has 0 saturated carbocycles. The third kappa shape index (κ3) is 6.90. The fourth-order valence-corrected chi connectivity index (χ4v) is 1.66. The molecule has 0 amide bonds. The van der Waals surface area contributed by atoms with Gasteiger partial charge in [-0.25, -0.2) is 0 Å². The van der Waals surface area contributed by atoms with Crippen LogP contribution in [0.5, 0.6) is 0 Å². The van der Waals surface area contributed by atoms with Gasteiger partial charge >= 0.3 is 5.97 Å². The first kappa shape index (κ1) is 12.8. The predicted molar refractivity (Wildman–Crippen MR) is 57.3 cm³/mol. The smallest absolute Gasteiger partial charge is 0.304 e. The summed E-state index contributed by atoms with van der Waals surface area (Å²) in [5, 5.41) is 8.66. The number of aliphatic carboxylic acids is 1. The highest BCUT2D eigenvalue weighted by Crippen LogP contribution is 2.10. The molecule has 0 aliphatic rings. The molecule has 4 heteroatoms. The fourth-order valence-electron chi connectivity index (χ4n) is 1.21. The van der Waals surface area contributed by atoms with E-state index in [-0.39, 0.29) is 12.5 Å². The summed E-state index contributed by atoms with van der Waals surface area (Å²) in [6.07, 6.45) is 4.39. The van der Waals surface area contributed by atoms with Crippen molar-refractivity contribution in [2.45, 2.75) is 25.3 Å². The van der Waals surface area contributed by atoms with Gasteiger partial charge in [-0.15, -0.1) is 0 Å². The van der Waals surface area contributed by atoms with Crippen LogP contribution in [0.15, 0.2) is 0 Å². The highest BCUT2D eigenvalue weighted by Gasteiger charge is 2.14. The Morgan fingerprint density at radius 2 is 2.15 bits per heavy atom. The molecule has 0 saturated heterocycles. The maximum atomic E-state index is 10.5. The van der Waals surface area contributed by atoms with Gasteiger partial charge in [0.1, 0.15) is 0 Å². The van der Waals surface area contributed by atoms with Crippen molar-refractivity contribution in [1.82, 2.24) is 4.90 Å². The maximum absolute atomic E-state index is 10.5. The molecule has 0 aromatic heterocycles. The number of nitrogens with zero attached hydrogens (tertiary/aromatic N) is 1. The molecule has 3 nitrogen and oxygen atoms in total. The Labute approximate surface area is 84.5 Å². The van der Waals surface area contributed by atoms with E-state index in [9.17, 15) is 4.79 Å². The summed E-state index contributed by atoms with van der Waals surface area (Å²) in [5.41, 5.74) is 0. The minimum absolute atomic E-state index is 0.185. The largest absolute Gasteiger partial charge is 0.481 e. The summed E-state index contributed by atoms with van der Waals surface area (Å²) >= 11 is 1.81. The van der Waals surface area contributed by atoms with E-state index in [1.807, 2.05) is 30.8 Å². The Balaban J connectivity index is 3.74. The molecule has 1 unspecified atom stereocenters. The molecule has 13 heavy (non-hydrogen) atoms. The Morgan fingerprint density at radius 3 is 2.54 bits per heavy atom. The van der Waals surface area contributed by atoms with Gasteiger partial charge in [-0.3, -0.25) is 4.79 Å². The van der Waals surface area contributed by atoms with E-state index in [1.54, 1.807) is 0 Å². The summed E-state index contributed by atoms with van der Waals surface area (Å²) in [6.45, 7) is 0. The summed E-state index contributed by atoms with van der Waals surface area (Å²) in [5.74, 6) is 0.409. The van der Waals surface area contributed by atoms with Gasteiger partial charge in [0.05, 0.1) is 6.42 Å². The van der Waals surface area contributed by atoms with Crippen molar-refractivity contribution >= 4 is 17.7 Å². The number of carbonyl (C=O) groups is 1. The van der Waals surface area contributed by atoms with Gasteiger partial charge in [0.2, 0.25) is 0 Å². The monoisotopic (exact) mass is 205 g/mol. The second-order valence-electron chi connectivity index (χ2n) is 3.35. The summed E-state index contributed by atoms with van der Waals surface area (Å²) in [7, 11) is 3.87. The maximum Gasteiger partial charge on any atom is 0.304 e. The minimum atomic E-state index is -0.706. The Kier molecular flexibility index (Phi) is 7.09. The molecule has 1 N–H and O–H groups in total. The van der Waals surface area contributed by atoms with Crippen LogP contribution >= 0.6 is 11.8 Å². The van der Waals surface area contributed by atoms with Crippen molar-refractivity contribution in [2.75, 3.05) is 26.1 Å². The quantitative estimate of drug-likeness (QED) is 0.640. The molecule has 0 aromatic carbocycles. The van der Waals surface area contributed by atoms with E-state index in [0.29, 0.717) is 0 Å². The number of hydrogen-bond donors (Lipinski definition) is 1. The topological polar surface area (TPSA) is 40.5 Å². The predicted octanol–water partition coefficient (Wildman–Crippen LogP) is 1.53. The van der Waals surface area contributed by atoms with Gasteiger partial charge in [-0.2, -0.15) is 11.8 Å². The van der Waals surface area contributed by atoms with Crippen molar-refractivity contribution in [1.29, 1.82) is 0 Å². The van der Waals surface area contributed by atoms with Gasteiger partial charge in [0.15, 0.2) is 0 Å². The first-order valence-electron chi connectivity index (χ1n) is 4.45. The van der Waals surface area contributed by atoms with Crippen molar-refractivity contribution in [3.8, 4) is 0 Å². The SMILES string of the molecule is CSCCCC(CC(=O)O)N(C)C. The number of thioether (sulfide) groups is 1. The first-order chi connectivity index (χ1) is 6.07. The molecule has 0 heterocycles. The van der Waals surface area contributed by atoms with E-state index < -0.39 is 5.97 Å². The summed E-state index contributed by atoms with van der Waals surface area (Å²) < 4.78 is 0. The van der Waals surface area contributed by atoms with E-state index in [4.69, 9.17) is 5.11 Å². The molecule has 0 radical (unpaired) electrons. The van der Waals surface area contributed by atoms with Crippen LogP contribution in [0.4, 0.5) is 0 Å². The molecule has 0 aromatic rings. The molecule has 0 spiro atoms. The van der Waals surface area contributed by atoms with Gasteiger partial charge in [-0.1, -0.05) is 0 Å². The van der Waals surface area contributed by atoms with Crippen molar-refractivity contribution in [2.24, 2.45) is 0 Å². The zero-order valence-corrected chi connectivity index (χ0v) is 9.43. The van der Waals surface area contributed by atoms with Crippen LogP contribution in [0.25, 0.3) is 0 Å². The third-order valence-electron chi connectivity index (χ3n) is 2.03. The van der Waals surface area contributed by atoms with Crippen LogP contribution in [-0.2, 0) is 4.79 Å². The van der Waals surface area contributed by atoms with Crippen molar-refractivity contribution < 1.29 is 9.90 Å². The van der Waals surface area contributed by atoms with Crippen molar-refractivity contribution in [3.05, 3.63) is 0 Å². The van der Waals surface area contributed by atoms with Gasteiger partial charge in [-0.05, 0) is 38.9 Å². The van der Waals surface area contributed by atoms with Gasteiger partial charge < -0.3 is 10.0 Å². The normalized spacial score (nSPS) is 13.2. The standard InChI is InChI=1S/C9H19NO2S/c1-10(2)8(7-9(11)12)5-4-6-13-3/h8H,4-7H2,1-3H3,(H,11,12). The van der Waals surface area contributed by atoms with Crippen LogP contribution in [0.2, 0.25) is 0 Å². The average Bonchev–Trinajstić information content (AvgIpc) is 2.02. The van der Waals surface area contributed by atoms with E-state index in [1.165, 1.54) is 0 Å². The Bertz CT molecular complexity index is 151. The van der Waals surface area contributed by atoms with Crippen LogP contribution < -0.4 is 0 Å². The third-order valence-corrected chi connectivity index (χ3v) is 2.72. The fraction of sp³-hybridized carbons (Fsp3) is 0.889. The van der Waals surface area contributed by atoms with E-state index in [2.05, 4.69) is 6.26 Å². The number of carboxylic acids is 1. The number of carboxylic acid groups (broad SMARTS) is 1. The van der Waals surface area contributed by atoms with Gasteiger partial charge in [0.25, 0.3) is 0 Å². The lowest BCUT2D eigenvalue weighted by Crippen LogP contribution is -2.30. The molecular formula is C9H19NO2S. The zero-order chi connectivity index (χ0) is 10.3. The Morgan fingerprint density at radius 1 is 1.54 bits per heavy atom. The first-order valence-corrected chi connectivity index (χ1v) is 5.84. The highest BCUT2D eigenvalue weighted by molar-refractivity contribution is 7.98. The lowest BCUT2D eigenvalue weighted by molar-refractivity contribution is -0.138. The molecule has 0 fully saturated rings. The average molecular weight is 205 g/mol.